The summed E-state index contributed by atoms with van der Waals surface area (Å²) < 4.78 is 1.55. The van der Waals surface area contributed by atoms with Gasteiger partial charge in [0.2, 0.25) is 5.91 Å². The molecule has 0 saturated heterocycles. The van der Waals surface area contributed by atoms with E-state index in [4.69, 9.17) is 11.5 Å². The predicted molar refractivity (Wildman–Crippen MR) is 78.5 cm³/mol. The number of nitrogens with two attached hydrogens (primary N) is 2. The molecule has 1 heterocycles. The third-order valence-corrected chi connectivity index (χ3v) is 3.62. The van der Waals surface area contributed by atoms with E-state index < -0.39 is 5.91 Å². The Kier molecular flexibility index (Phi) is 3.21. The average Bonchev–Trinajstić information content (AvgIpc) is 2.78. The summed E-state index contributed by atoms with van der Waals surface area (Å²) in [6.45, 7) is -0.0159. The standard InChI is InChI=1S/C15H16N4O2/c16-10-4-1-3-9(7-10)15-14-11(5-2-6-12(14)20)19(18-15)8-13(17)21/h1,3-4,7H,2,5-6,8,16H2,(H2,17,21). The summed E-state index contributed by atoms with van der Waals surface area (Å²) in [6.07, 6.45) is 2.00. The Morgan fingerprint density at radius 2 is 2.14 bits per heavy atom. The number of Topliss-reactive ketones (excluding diaryl/α,β-unsaturated/α-hetero) is 1. The van der Waals surface area contributed by atoms with E-state index in [1.807, 2.05) is 12.1 Å². The average molecular weight is 284 g/mol. The van der Waals surface area contributed by atoms with E-state index in [0.717, 1.165) is 24.1 Å². The van der Waals surface area contributed by atoms with Crippen LogP contribution in [-0.2, 0) is 17.8 Å². The molecule has 0 radical (unpaired) electrons. The molecule has 1 amide bonds. The van der Waals surface area contributed by atoms with Crippen molar-refractivity contribution in [3.63, 3.8) is 0 Å². The van der Waals surface area contributed by atoms with Crippen LogP contribution in [0.15, 0.2) is 24.3 Å². The molecule has 1 aromatic carbocycles. The van der Waals surface area contributed by atoms with Crippen molar-refractivity contribution in [1.29, 1.82) is 0 Å². The van der Waals surface area contributed by atoms with Crippen LogP contribution in [0.2, 0.25) is 0 Å². The van der Waals surface area contributed by atoms with E-state index in [1.54, 1.807) is 16.8 Å². The normalized spacial score (nSPS) is 14.0. The highest BCUT2D eigenvalue weighted by Crippen LogP contribution is 2.31. The number of hydrogen-bond acceptors (Lipinski definition) is 4. The third-order valence-electron chi connectivity index (χ3n) is 3.62. The molecular formula is C15H16N4O2. The number of carbonyl (C=O) groups is 2. The second-order valence-corrected chi connectivity index (χ2v) is 5.20. The number of nitrogen functional groups attached to an aromatic ring is 1. The lowest BCUT2D eigenvalue weighted by molar-refractivity contribution is -0.118. The molecular weight excluding hydrogens is 268 g/mol. The lowest BCUT2D eigenvalue weighted by Gasteiger charge is -2.12. The first kappa shape index (κ1) is 13.4. The first-order chi connectivity index (χ1) is 10.1. The van der Waals surface area contributed by atoms with Crippen molar-refractivity contribution in [2.45, 2.75) is 25.8 Å². The molecule has 108 valence electrons. The Balaban J connectivity index is 2.18. The number of anilines is 1. The molecule has 1 aliphatic rings. The quantitative estimate of drug-likeness (QED) is 0.824. The molecule has 1 aromatic heterocycles. The van der Waals surface area contributed by atoms with Crippen LogP contribution in [0.5, 0.6) is 0 Å². The molecule has 3 rings (SSSR count). The van der Waals surface area contributed by atoms with Gasteiger partial charge in [0.1, 0.15) is 12.2 Å². The summed E-state index contributed by atoms with van der Waals surface area (Å²) in [7, 11) is 0. The summed E-state index contributed by atoms with van der Waals surface area (Å²) in [4.78, 5) is 23.5. The van der Waals surface area contributed by atoms with E-state index in [-0.39, 0.29) is 12.3 Å². The van der Waals surface area contributed by atoms with E-state index in [9.17, 15) is 9.59 Å². The molecule has 0 saturated carbocycles. The molecule has 0 aliphatic heterocycles. The van der Waals surface area contributed by atoms with E-state index in [1.165, 1.54) is 0 Å². The molecule has 0 bridgehead atoms. The zero-order valence-electron chi connectivity index (χ0n) is 11.5. The van der Waals surface area contributed by atoms with Gasteiger partial charge in [0.25, 0.3) is 0 Å². The van der Waals surface area contributed by atoms with Gasteiger partial charge >= 0.3 is 0 Å². The van der Waals surface area contributed by atoms with Gasteiger partial charge in [-0.1, -0.05) is 12.1 Å². The second-order valence-electron chi connectivity index (χ2n) is 5.20. The fourth-order valence-corrected chi connectivity index (χ4v) is 2.75. The maximum Gasteiger partial charge on any atom is 0.239 e. The maximum absolute atomic E-state index is 12.3. The van der Waals surface area contributed by atoms with Gasteiger partial charge in [-0.15, -0.1) is 0 Å². The van der Waals surface area contributed by atoms with Crippen molar-refractivity contribution < 1.29 is 9.59 Å². The Morgan fingerprint density at radius 1 is 1.33 bits per heavy atom. The minimum atomic E-state index is -0.475. The summed E-state index contributed by atoms with van der Waals surface area (Å²) in [5.41, 5.74) is 14.4. The van der Waals surface area contributed by atoms with Crippen LogP contribution in [0.25, 0.3) is 11.3 Å². The maximum atomic E-state index is 12.3. The zero-order valence-corrected chi connectivity index (χ0v) is 11.5. The smallest absolute Gasteiger partial charge is 0.239 e. The van der Waals surface area contributed by atoms with Gasteiger partial charge in [-0.05, 0) is 25.0 Å². The summed E-state index contributed by atoms with van der Waals surface area (Å²) >= 11 is 0. The number of rotatable bonds is 3. The highest BCUT2D eigenvalue weighted by atomic mass is 16.1. The number of primary amides is 1. The van der Waals surface area contributed by atoms with Crippen molar-refractivity contribution in [3.05, 3.63) is 35.5 Å². The predicted octanol–water partition coefficient (Wildman–Crippen LogP) is 1.14. The Labute approximate surface area is 121 Å². The Bertz CT molecular complexity index is 733. The molecule has 0 fully saturated rings. The van der Waals surface area contributed by atoms with Crippen LogP contribution in [0.1, 0.15) is 28.9 Å². The van der Waals surface area contributed by atoms with Gasteiger partial charge in [0, 0.05) is 17.7 Å². The van der Waals surface area contributed by atoms with Crippen molar-refractivity contribution in [1.82, 2.24) is 9.78 Å². The molecule has 6 nitrogen and oxygen atoms in total. The Morgan fingerprint density at radius 3 is 2.86 bits per heavy atom. The molecule has 4 N–H and O–H groups in total. The van der Waals surface area contributed by atoms with E-state index >= 15 is 0 Å². The van der Waals surface area contributed by atoms with Crippen LogP contribution in [-0.4, -0.2) is 21.5 Å². The van der Waals surface area contributed by atoms with Gasteiger partial charge < -0.3 is 11.5 Å². The van der Waals surface area contributed by atoms with E-state index in [2.05, 4.69) is 5.10 Å². The monoisotopic (exact) mass is 284 g/mol. The number of hydrogen-bond donors (Lipinski definition) is 2. The number of ketones is 1. The summed E-state index contributed by atoms with van der Waals surface area (Å²) in [6, 6.07) is 7.23. The molecule has 6 heteroatoms. The molecule has 0 atom stereocenters. The van der Waals surface area contributed by atoms with Gasteiger partial charge in [0.05, 0.1) is 11.3 Å². The first-order valence-electron chi connectivity index (χ1n) is 6.83. The molecule has 21 heavy (non-hydrogen) atoms. The number of amides is 1. The number of nitrogens with zero attached hydrogens (tertiary/aromatic N) is 2. The largest absolute Gasteiger partial charge is 0.399 e. The molecule has 1 aliphatic carbocycles. The zero-order chi connectivity index (χ0) is 15.0. The van der Waals surface area contributed by atoms with Gasteiger partial charge in [-0.3, -0.25) is 14.3 Å². The van der Waals surface area contributed by atoms with Gasteiger partial charge in [-0.2, -0.15) is 5.10 Å². The third kappa shape index (κ3) is 2.40. The minimum absolute atomic E-state index is 0.0159. The lowest BCUT2D eigenvalue weighted by atomic mass is 9.92. The van der Waals surface area contributed by atoms with Crippen LogP contribution >= 0.6 is 0 Å². The SMILES string of the molecule is NC(=O)Cn1nc(-c2cccc(N)c2)c2c1CCCC2=O. The highest BCUT2D eigenvalue weighted by molar-refractivity contribution is 6.03. The summed E-state index contributed by atoms with van der Waals surface area (Å²) in [5.74, 6) is -0.415. The number of fused-ring (bicyclic) bond motifs is 1. The number of carbonyl (C=O) groups excluding carboxylic acids is 2. The highest BCUT2D eigenvalue weighted by Gasteiger charge is 2.28. The molecule has 2 aromatic rings. The van der Waals surface area contributed by atoms with Crippen LogP contribution < -0.4 is 11.5 Å². The first-order valence-corrected chi connectivity index (χ1v) is 6.83. The topological polar surface area (TPSA) is 104 Å². The molecule has 0 unspecified atom stereocenters. The number of aromatic nitrogens is 2. The van der Waals surface area contributed by atoms with Crippen LogP contribution in [0.4, 0.5) is 5.69 Å². The van der Waals surface area contributed by atoms with Crippen molar-refractivity contribution in [3.8, 4) is 11.3 Å². The van der Waals surface area contributed by atoms with Crippen molar-refractivity contribution in [2.75, 3.05) is 5.73 Å². The van der Waals surface area contributed by atoms with Crippen molar-refractivity contribution in [2.24, 2.45) is 5.73 Å². The van der Waals surface area contributed by atoms with Gasteiger partial charge in [0.15, 0.2) is 5.78 Å². The fraction of sp³-hybridized carbons (Fsp3) is 0.267. The lowest BCUT2D eigenvalue weighted by Crippen LogP contribution is -2.22. The number of benzene rings is 1. The second kappa shape index (κ2) is 5.05. The Hall–Kier alpha value is -2.63. The van der Waals surface area contributed by atoms with Crippen molar-refractivity contribution >= 4 is 17.4 Å². The summed E-state index contributed by atoms with van der Waals surface area (Å²) in [5, 5.41) is 4.43. The van der Waals surface area contributed by atoms with Crippen LogP contribution in [0, 0.1) is 0 Å². The van der Waals surface area contributed by atoms with Gasteiger partial charge in [-0.25, -0.2) is 0 Å². The minimum Gasteiger partial charge on any atom is -0.399 e. The fourth-order valence-electron chi connectivity index (χ4n) is 2.75. The van der Waals surface area contributed by atoms with Crippen LogP contribution in [0.3, 0.4) is 0 Å². The molecule has 0 spiro atoms. The van der Waals surface area contributed by atoms with E-state index in [0.29, 0.717) is 23.4 Å².